The zero-order valence-electron chi connectivity index (χ0n) is 13.2. The Balaban J connectivity index is 1.68. The molecule has 4 aliphatic rings. The van der Waals surface area contributed by atoms with Gasteiger partial charge in [-0.05, 0) is 80.0 Å². The lowest BCUT2D eigenvalue weighted by Gasteiger charge is -2.57. The fraction of sp³-hybridized carbons (Fsp3) is 0.895. The van der Waals surface area contributed by atoms with Gasteiger partial charge in [0.15, 0.2) is 0 Å². The fourth-order valence-electron chi connectivity index (χ4n) is 6.63. The molecular formula is C19H30O. The summed E-state index contributed by atoms with van der Waals surface area (Å²) in [6, 6.07) is 0. The van der Waals surface area contributed by atoms with E-state index >= 15 is 0 Å². The molecule has 20 heavy (non-hydrogen) atoms. The topological polar surface area (TPSA) is 20.2 Å². The largest absolute Gasteiger partial charge is 0.393 e. The molecule has 0 aromatic rings. The highest BCUT2D eigenvalue weighted by Crippen LogP contribution is 2.64. The molecule has 0 spiro atoms. The Morgan fingerprint density at radius 2 is 1.90 bits per heavy atom. The summed E-state index contributed by atoms with van der Waals surface area (Å²) < 4.78 is 0. The standard InChI is InChI=1S/C19H30O/c1-18-9-3-4-16(18)15-6-5-13-12-14(20)7-11-19(13,2)17(15)8-10-18/h5,14-17,20H,3-4,6-12H2,1-2H3/t14-,15-,16-,17-,18-,19+/m0/s1. The molecule has 0 aliphatic heterocycles. The Morgan fingerprint density at radius 1 is 1.05 bits per heavy atom. The first-order valence-electron chi connectivity index (χ1n) is 8.90. The van der Waals surface area contributed by atoms with E-state index < -0.39 is 0 Å². The molecule has 112 valence electrons. The van der Waals surface area contributed by atoms with Gasteiger partial charge in [0.1, 0.15) is 0 Å². The quantitative estimate of drug-likeness (QED) is 0.635. The predicted octanol–water partition coefficient (Wildman–Crippen LogP) is 4.70. The third kappa shape index (κ3) is 1.71. The van der Waals surface area contributed by atoms with E-state index in [-0.39, 0.29) is 6.10 Å². The Bertz CT molecular complexity index is 439. The molecule has 4 rings (SSSR count). The first kappa shape index (κ1) is 13.4. The second-order valence-corrected chi connectivity index (χ2v) is 8.74. The van der Waals surface area contributed by atoms with E-state index in [9.17, 15) is 5.11 Å². The molecule has 3 saturated carbocycles. The van der Waals surface area contributed by atoms with Gasteiger partial charge < -0.3 is 5.11 Å². The summed E-state index contributed by atoms with van der Waals surface area (Å²) >= 11 is 0. The average Bonchev–Trinajstić information content (AvgIpc) is 2.81. The van der Waals surface area contributed by atoms with Crippen LogP contribution in [0.5, 0.6) is 0 Å². The summed E-state index contributed by atoms with van der Waals surface area (Å²) in [5.41, 5.74) is 2.70. The first-order chi connectivity index (χ1) is 9.53. The molecule has 0 bridgehead atoms. The van der Waals surface area contributed by atoms with Crippen LogP contribution < -0.4 is 0 Å². The molecule has 6 atom stereocenters. The minimum absolute atomic E-state index is 0.0637. The second-order valence-electron chi connectivity index (χ2n) is 8.74. The van der Waals surface area contributed by atoms with E-state index in [2.05, 4.69) is 19.9 Å². The molecule has 4 aliphatic carbocycles. The van der Waals surface area contributed by atoms with Crippen LogP contribution in [0.2, 0.25) is 0 Å². The molecular weight excluding hydrogens is 244 g/mol. The Morgan fingerprint density at radius 3 is 2.75 bits per heavy atom. The summed E-state index contributed by atoms with van der Waals surface area (Å²) in [5, 5.41) is 10.0. The lowest BCUT2D eigenvalue weighted by molar-refractivity contribution is -0.0360. The lowest BCUT2D eigenvalue weighted by Crippen LogP contribution is -2.49. The van der Waals surface area contributed by atoms with E-state index in [1.807, 2.05) is 0 Å². The number of fused-ring (bicyclic) bond motifs is 5. The molecule has 0 unspecified atom stereocenters. The molecule has 0 saturated heterocycles. The zero-order chi connectivity index (χ0) is 14.0. The van der Waals surface area contributed by atoms with Gasteiger partial charge in [0, 0.05) is 0 Å². The van der Waals surface area contributed by atoms with Crippen molar-refractivity contribution in [3.8, 4) is 0 Å². The summed E-state index contributed by atoms with van der Waals surface area (Å²) in [7, 11) is 0. The van der Waals surface area contributed by atoms with Crippen molar-refractivity contribution in [2.75, 3.05) is 0 Å². The molecule has 1 nitrogen and oxygen atoms in total. The van der Waals surface area contributed by atoms with Gasteiger partial charge in [-0.25, -0.2) is 0 Å². The van der Waals surface area contributed by atoms with Crippen LogP contribution in [0.15, 0.2) is 11.6 Å². The minimum atomic E-state index is -0.0637. The van der Waals surface area contributed by atoms with Crippen LogP contribution in [-0.2, 0) is 0 Å². The maximum absolute atomic E-state index is 10.0. The van der Waals surface area contributed by atoms with Gasteiger partial charge in [-0.15, -0.1) is 0 Å². The molecule has 1 N–H and O–H groups in total. The Kier molecular flexibility index (Phi) is 2.91. The smallest absolute Gasteiger partial charge is 0.0577 e. The minimum Gasteiger partial charge on any atom is -0.393 e. The van der Waals surface area contributed by atoms with E-state index in [1.165, 1.54) is 44.9 Å². The number of aliphatic hydroxyl groups excluding tert-OH is 1. The maximum Gasteiger partial charge on any atom is 0.0577 e. The average molecular weight is 274 g/mol. The fourth-order valence-corrected chi connectivity index (χ4v) is 6.63. The molecule has 0 aromatic heterocycles. The van der Waals surface area contributed by atoms with Gasteiger partial charge in [0.2, 0.25) is 0 Å². The molecule has 0 radical (unpaired) electrons. The Labute approximate surface area is 123 Å². The van der Waals surface area contributed by atoms with Crippen molar-refractivity contribution in [2.45, 2.75) is 77.7 Å². The molecule has 0 aromatic carbocycles. The van der Waals surface area contributed by atoms with Crippen LogP contribution in [0, 0.1) is 28.6 Å². The van der Waals surface area contributed by atoms with Gasteiger partial charge in [0.05, 0.1) is 6.10 Å². The highest BCUT2D eigenvalue weighted by molar-refractivity contribution is 5.25. The lowest BCUT2D eigenvalue weighted by atomic mass is 9.48. The summed E-state index contributed by atoms with van der Waals surface area (Å²) in [5.74, 6) is 2.84. The SMILES string of the molecule is C[C@@]12CCC[C@H]1[C@@H]1CC=C3C[C@@H](O)CC[C@@]3(C)[C@H]1CC2. The second kappa shape index (κ2) is 4.35. The van der Waals surface area contributed by atoms with Crippen molar-refractivity contribution >= 4 is 0 Å². The van der Waals surface area contributed by atoms with E-state index in [0.717, 1.165) is 30.6 Å². The van der Waals surface area contributed by atoms with Crippen LogP contribution in [0.25, 0.3) is 0 Å². The molecule has 0 heterocycles. The zero-order valence-corrected chi connectivity index (χ0v) is 13.2. The number of hydrogen-bond donors (Lipinski definition) is 1. The number of allylic oxidation sites excluding steroid dienone is 1. The highest BCUT2D eigenvalue weighted by atomic mass is 16.3. The third-order valence-electron chi connectivity index (χ3n) is 7.86. The summed E-state index contributed by atoms with van der Waals surface area (Å²) in [6.45, 7) is 5.10. The highest BCUT2D eigenvalue weighted by Gasteiger charge is 2.55. The first-order valence-corrected chi connectivity index (χ1v) is 8.90. The van der Waals surface area contributed by atoms with Gasteiger partial charge in [-0.1, -0.05) is 31.9 Å². The van der Waals surface area contributed by atoms with Crippen molar-refractivity contribution in [3.05, 3.63) is 11.6 Å². The molecule has 0 amide bonds. The van der Waals surface area contributed by atoms with E-state index in [1.54, 1.807) is 5.57 Å². The van der Waals surface area contributed by atoms with Crippen LogP contribution in [-0.4, -0.2) is 11.2 Å². The number of hydrogen-bond acceptors (Lipinski definition) is 1. The normalized spacial score (nSPS) is 54.6. The number of aliphatic hydroxyl groups is 1. The third-order valence-corrected chi connectivity index (χ3v) is 7.86. The van der Waals surface area contributed by atoms with E-state index in [0.29, 0.717) is 10.8 Å². The summed E-state index contributed by atoms with van der Waals surface area (Å²) in [6.07, 6.45) is 14.3. The van der Waals surface area contributed by atoms with Crippen molar-refractivity contribution in [1.82, 2.24) is 0 Å². The van der Waals surface area contributed by atoms with Crippen molar-refractivity contribution in [2.24, 2.45) is 28.6 Å². The van der Waals surface area contributed by atoms with Gasteiger partial charge in [-0.2, -0.15) is 0 Å². The monoisotopic (exact) mass is 274 g/mol. The predicted molar refractivity (Wildman–Crippen MR) is 82.3 cm³/mol. The van der Waals surface area contributed by atoms with Crippen molar-refractivity contribution < 1.29 is 5.11 Å². The molecule has 3 fully saturated rings. The van der Waals surface area contributed by atoms with Gasteiger partial charge in [0.25, 0.3) is 0 Å². The van der Waals surface area contributed by atoms with Crippen LogP contribution in [0.1, 0.15) is 71.6 Å². The van der Waals surface area contributed by atoms with Gasteiger partial charge in [-0.3, -0.25) is 0 Å². The van der Waals surface area contributed by atoms with E-state index in [4.69, 9.17) is 0 Å². The van der Waals surface area contributed by atoms with Crippen LogP contribution in [0.3, 0.4) is 0 Å². The van der Waals surface area contributed by atoms with Crippen molar-refractivity contribution in [1.29, 1.82) is 0 Å². The van der Waals surface area contributed by atoms with Crippen molar-refractivity contribution in [3.63, 3.8) is 0 Å². The molecule has 1 heteroatoms. The van der Waals surface area contributed by atoms with Crippen LogP contribution >= 0.6 is 0 Å². The number of rotatable bonds is 0. The van der Waals surface area contributed by atoms with Crippen LogP contribution in [0.4, 0.5) is 0 Å². The maximum atomic E-state index is 10.0. The van der Waals surface area contributed by atoms with Gasteiger partial charge >= 0.3 is 0 Å². The Hall–Kier alpha value is -0.300. The summed E-state index contributed by atoms with van der Waals surface area (Å²) in [4.78, 5) is 0.